The second-order valence-electron chi connectivity index (χ2n) is 26.1. The summed E-state index contributed by atoms with van der Waals surface area (Å²) in [6.45, 7) is 17.4. The molecule has 4 aromatic rings. The Morgan fingerprint density at radius 1 is 0.779 bits per heavy atom. The van der Waals surface area contributed by atoms with E-state index in [9.17, 15) is 74.1 Å². The molecule has 104 heavy (non-hydrogen) atoms. The van der Waals surface area contributed by atoms with Gasteiger partial charge in [-0.05, 0) is 121 Å². The van der Waals surface area contributed by atoms with Crippen LogP contribution in [0.3, 0.4) is 0 Å². The van der Waals surface area contributed by atoms with Gasteiger partial charge in [-0.25, -0.2) is 10.1 Å². The van der Waals surface area contributed by atoms with Crippen molar-refractivity contribution >= 4 is 59.8 Å². The molecule has 574 valence electrons. The molecule has 0 saturated carbocycles. The number of phenolic OH excluding ortho intramolecular Hbond substituents is 1. The molecule has 0 unspecified atom stereocenters. The van der Waals surface area contributed by atoms with Gasteiger partial charge >= 0.3 is 6.09 Å². The molecule has 7 rings (SSSR count). The van der Waals surface area contributed by atoms with Crippen LogP contribution >= 0.6 is 12.3 Å². The molecule has 0 aliphatic carbocycles. The number of aliphatic hydroxyl groups is 6. The highest BCUT2D eigenvalue weighted by molar-refractivity contribution is 7.90. The van der Waals surface area contributed by atoms with Gasteiger partial charge in [-0.1, -0.05) is 65.7 Å². The summed E-state index contributed by atoms with van der Waals surface area (Å²) in [4.78, 5) is 119. The zero-order chi connectivity index (χ0) is 76.3. The number of aromatic nitrogens is 1. The number of phenols is 1. The minimum absolute atomic E-state index is 0.0129. The number of amides is 8. The number of alkyl carbamates (subject to hydrolysis) is 1. The second kappa shape index (κ2) is 41.8. The molecule has 3 saturated heterocycles. The lowest BCUT2D eigenvalue weighted by molar-refractivity contribution is -0.433. The van der Waals surface area contributed by atoms with Gasteiger partial charge in [0.15, 0.2) is 17.3 Å². The lowest BCUT2D eigenvalue weighted by Crippen LogP contribution is -2.64. The van der Waals surface area contributed by atoms with E-state index in [0.29, 0.717) is 47.0 Å². The highest BCUT2D eigenvalue weighted by atomic mass is 32.2. The summed E-state index contributed by atoms with van der Waals surface area (Å²) in [6.07, 6.45) is -8.69. The molecule has 3 fully saturated rings. The molecule has 13 atom stereocenters. The van der Waals surface area contributed by atoms with E-state index in [4.69, 9.17) is 28.2 Å². The van der Waals surface area contributed by atoms with Gasteiger partial charge in [-0.15, -0.1) is 0 Å². The van der Waals surface area contributed by atoms with E-state index in [1.807, 2.05) is 24.3 Å². The Kier molecular flexibility index (Phi) is 34.0. The molecule has 34 heteroatoms. The highest BCUT2D eigenvalue weighted by Gasteiger charge is 2.50. The fourth-order valence-electron chi connectivity index (χ4n) is 12.3. The Balaban J connectivity index is 0.00000176. The standard InChI is InChI=1S/C62H81N9O23S.C8H19N/c1-5-22-90-62(86)63-21-20-46(76)52-61(85)71-31-33(2)54(78)53(71)59(83)64-30-39(73)27-43(65-55(79)38-13-11-36(12-14-38)42-29-48(91-69-42)37-15-17-41(18-16-37)89-24-9-7-6-8-23-88-4)56(80)66-50(34(3)72)60(84)70-32-40(74)28-44(70)57(81)67-51(58(82)68-52)47(77)25-35-10-19-45(75)49(26-35)92-95-94-93-87;1-6-9(7(2)3)8(4)5/h5,10-19,26,29,33-34,39-40,43-44,46-47,50-54,72-78,87H,1,6-9,20-25,27-28,30-32H2,2-4H3,(H,63,86)(H,64,83)(H,65,79)(H,66,80)(H,67,81)(H,68,82);7-8H,6H2,1-5H3/t33-,34+,39+,40+,43+,44+,46-,47-,50+,51+,52+,53+,54+;/m1./s1. The Bertz CT molecular complexity index is 3430. The summed E-state index contributed by atoms with van der Waals surface area (Å²) < 4.78 is 30.9. The van der Waals surface area contributed by atoms with Crippen LogP contribution in [-0.2, 0) is 54.0 Å². The minimum Gasteiger partial charge on any atom is -0.504 e. The van der Waals surface area contributed by atoms with Crippen molar-refractivity contribution in [3.63, 3.8) is 0 Å². The van der Waals surface area contributed by atoms with Crippen LogP contribution in [0.1, 0.15) is 109 Å². The molecule has 0 radical (unpaired) electrons. The van der Waals surface area contributed by atoms with Crippen molar-refractivity contribution in [3.8, 4) is 39.8 Å². The van der Waals surface area contributed by atoms with E-state index < -0.39 is 177 Å². The normalized spacial score (nSPS) is 23.1. The van der Waals surface area contributed by atoms with Crippen LogP contribution in [0.25, 0.3) is 22.6 Å². The van der Waals surface area contributed by atoms with Crippen LogP contribution in [0.2, 0.25) is 0 Å². The highest BCUT2D eigenvalue weighted by Crippen LogP contribution is 2.33. The summed E-state index contributed by atoms with van der Waals surface area (Å²) in [7, 11) is 1.68. The monoisotopic (exact) mass is 1480 g/mol. The zero-order valence-electron chi connectivity index (χ0n) is 59.6. The third-order valence-corrected chi connectivity index (χ3v) is 18.1. The van der Waals surface area contributed by atoms with E-state index in [-0.39, 0.29) is 42.4 Å². The van der Waals surface area contributed by atoms with Crippen LogP contribution in [0.5, 0.6) is 17.2 Å². The minimum atomic E-state index is -2.18. The molecule has 3 aromatic carbocycles. The second-order valence-corrected chi connectivity index (χ2v) is 26.6. The van der Waals surface area contributed by atoms with Crippen molar-refractivity contribution in [2.45, 2.75) is 185 Å². The number of ether oxygens (including phenoxy) is 3. The van der Waals surface area contributed by atoms with Crippen molar-refractivity contribution < 1.29 is 112 Å². The molecule has 14 N–H and O–H groups in total. The van der Waals surface area contributed by atoms with Crippen LogP contribution < -0.4 is 40.8 Å². The molecule has 0 spiro atoms. The number of aromatic hydroxyl groups is 1. The molecule has 8 amide bonds. The van der Waals surface area contributed by atoms with Gasteiger partial charge < -0.3 is 100 Å². The molecule has 3 aliphatic rings. The summed E-state index contributed by atoms with van der Waals surface area (Å²) in [5.74, 6) is -8.67. The first kappa shape index (κ1) is 84.4. The number of carbonyl (C=O) groups excluding carboxylic acids is 8. The Hall–Kier alpha value is -8.52. The van der Waals surface area contributed by atoms with Crippen molar-refractivity contribution in [1.29, 1.82) is 0 Å². The molecule has 3 aliphatic heterocycles. The number of benzene rings is 3. The maximum absolute atomic E-state index is 15.0. The smallest absolute Gasteiger partial charge is 0.407 e. The van der Waals surface area contributed by atoms with Crippen LogP contribution in [0.4, 0.5) is 4.79 Å². The van der Waals surface area contributed by atoms with Crippen LogP contribution in [0, 0.1) is 5.92 Å². The van der Waals surface area contributed by atoms with Crippen molar-refractivity contribution in [2.24, 2.45) is 5.92 Å². The van der Waals surface area contributed by atoms with Gasteiger partial charge in [-0.3, -0.25) is 38.5 Å². The topological polar surface area (TPSA) is 462 Å². The SMILES string of the molecule is C=CCOC(=O)NCC[C@@H](O)[C@@H]1NC(=O)[C@H]([C@H](O)Cc2ccc(O)c(OSOOO)c2)NC(=O)[C@@H]2C[C@H](O)CN2C(=O)[C@H]([C@H](C)O)NC(=O)[C@@H](NC(=O)c2ccc(-c3cc(-c4ccc(OCCCCCCOC)cc4)on3)cc2)C[C@H](O)CNC(=O)[C@@H]2[C@@H](O)[C@H](C)CN2C1=O.CCN(C(C)C)C(C)C. The number of rotatable bonds is 29. The van der Waals surface area contributed by atoms with E-state index in [1.54, 1.807) is 25.3 Å². The van der Waals surface area contributed by atoms with E-state index in [2.05, 4.69) is 92.5 Å². The van der Waals surface area contributed by atoms with Gasteiger partial charge in [0, 0.05) is 99.9 Å². The summed E-state index contributed by atoms with van der Waals surface area (Å²) in [6, 6.07) is 8.27. The number of hydrogen-bond acceptors (Lipinski definition) is 26. The molecule has 0 bridgehead atoms. The first-order chi connectivity index (χ1) is 49.6. The number of aliphatic hydroxyl groups excluding tert-OH is 6. The average Bonchev–Trinajstić information content (AvgIpc) is 1.62. The quantitative estimate of drug-likeness (QED) is 0.0122. The first-order valence-electron chi connectivity index (χ1n) is 34.5. The Labute approximate surface area is 607 Å². The van der Waals surface area contributed by atoms with Gasteiger partial charge in [0.1, 0.15) is 54.3 Å². The predicted molar refractivity (Wildman–Crippen MR) is 376 cm³/mol. The van der Waals surface area contributed by atoms with Gasteiger partial charge in [-0.2, -0.15) is 0 Å². The molecule has 1 aromatic heterocycles. The van der Waals surface area contributed by atoms with Crippen LogP contribution in [0.15, 0.2) is 90.0 Å². The predicted octanol–water partition coefficient (Wildman–Crippen LogP) is 2.04. The zero-order valence-corrected chi connectivity index (χ0v) is 60.4. The average molecular weight is 1480 g/mol. The molecular weight excluding hydrogens is 1380 g/mol. The van der Waals surface area contributed by atoms with Crippen LogP contribution in [-0.4, -0.2) is 253 Å². The van der Waals surface area contributed by atoms with Crippen molar-refractivity contribution in [2.75, 3.05) is 59.7 Å². The number of β-amino-alcohol motifs (C(OH)–C–C–N with tert-alkyl or cyclic N) is 1. The number of nitrogens with one attached hydrogen (secondary N) is 6. The molecule has 33 nitrogen and oxygen atoms in total. The molecule has 4 heterocycles. The van der Waals surface area contributed by atoms with Gasteiger partial charge in [0.05, 0.1) is 43.2 Å². The lowest BCUT2D eigenvalue weighted by atomic mass is 9.98. The lowest BCUT2D eigenvalue weighted by Gasteiger charge is -2.34. The Morgan fingerprint density at radius 2 is 1.43 bits per heavy atom. The summed E-state index contributed by atoms with van der Waals surface area (Å²) >= 11 is 0.0600. The third-order valence-electron chi connectivity index (χ3n) is 17.7. The maximum Gasteiger partial charge on any atom is 0.407 e. The van der Waals surface area contributed by atoms with E-state index in [1.165, 1.54) is 31.2 Å². The Morgan fingerprint density at radius 3 is 2.07 bits per heavy atom. The number of hydrogen-bond donors (Lipinski definition) is 14. The maximum atomic E-state index is 15.0. The fraction of sp³-hybridized carbons (Fsp3) is 0.557. The number of carbonyl (C=O) groups is 8. The van der Waals surface area contributed by atoms with E-state index >= 15 is 0 Å². The number of nitrogens with zero attached hydrogens (tertiary/aromatic N) is 4. The van der Waals surface area contributed by atoms with Crippen molar-refractivity contribution in [1.82, 2.24) is 51.8 Å². The first-order valence-corrected chi connectivity index (χ1v) is 35.2. The molecular formula is C70H100N10O23S. The number of fused-ring (bicyclic) bond motifs is 2. The van der Waals surface area contributed by atoms with Gasteiger partial charge in [0.25, 0.3) is 18.2 Å². The fourth-order valence-corrected chi connectivity index (χ4v) is 12.5. The summed E-state index contributed by atoms with van der Waals surface area (Å²) in [5, 5.41) is 110. The summed E-state index contributed by atoms with van der Waals surface area (Å²) in [5.41, 5.74) is 1.73. The third kappa shape index (κ3) is 24.5. The number of methoxy groups -OCH3 is 1. The van der Waals surface area contributed by atoms with E-state index in [0.717, 1.165) is 67.7 Å². The largest absolute Gasteiger partial charge is 0.504 e. The van der Waals surface area contributed by atoms with Gasteiger partial charge in [0.2, 0.25) is 35.4 Å². The van der Waals surface area contributed by atoms with Crippen molar-refractivity contribution in [3.05, 3.63) is 96.6 Å². The number of unbranched alkanes of at least 4 members (excludes halogenated alkanes) is 3.